The molecule has 220 valence electrons. The third-order valence-electron chi connectivity index (χ3n) is 8.69. The first kappa shape index (κ1) is 27.5. The van der Waals surface area contributed by atoms with Crippen molar-refractivity contribution >= 4 is 34.3 Å². The Hall–Kier alpha value is -5.07. The summed E-state index contributed by atoms with van der Waals surface area (Å²) in [4.78, 5) is 22.3. The average molecular weight is 607 g/mol. The number of amides is 1. The molecule has 1 amide bonds. The van der Waals surface area contributed by atoms with Gasteiger partial charge in [0.05, 0.1) is 11.2 Å². The van der Waals surface area contributed by atoms with Gasteiger partial charge in [-0.25, -0.2) is 4.98 Å². The summed E-state index contributed by atoms with van der Waals surface area (Å²) in [6.07, 6.45) is -0.130. The Kier molecular flexibility index (Phi) is 6.80. The number of benzene rings is 5. The van der Waals surface area contributed by atoms with Crippen LogP contribution in [-0.2, 0) is 10.3 Å². The van der Waals surface area contributed by atoms with Crippen LogP contribution in [0.2, 0.25) is 0 Å². The largest absolute Gasteiger partial charge is 0.478 e. The lowest BCUT2D eigenvalue weighted by Gasteiger charge is -2.57. The SMILES string of the molecule is Cc1ccc2nc(Oc3ccccc3)c(C3CC4(c5ccccc5)C(Oc5ccccc5)C(=O)N4c4ccccc4S3)cc2c1. The Morgan fingerprint density at radius 2 is 1.44 bits per heavy atom. The summed E-state index contributed by atoms with van der Waals surface area (Å²) in [5.41, 5.74) is 4.16. The quantitative estimate of drug-likeness (QED) is 0.177. The number of aromatic nitrogens is 1. The van der Waals surface area contributed by atoms with Crippen LogP contribution in [0, 0.1) is 6.92 Å². The van der Waals surface area contributed by atoms with E-state index in [1.54, 1.807) is 11.8 Å². The predicted octanol–water partition coefficient (Wildman–Crippen LogP) is 9.26. The fourth-order valence-electron chi connectivity index (χ4n) is 6.61. The molecule has 2 aliphatic rings. The average Bonchev–Trinajstić information content (AvgIpc) is 3.21. The molecule has 6 heteroatoms. The zero-order chi connectivity index (χ0) is 30.4. The number of carbonyl (C=O) groups excluding carboxylic acids is 1. The molecular weight excluding hydrogens is 577 g/mol. The van der Waals surface area contributed by atoms with Crippen molar-refractivity contribution < 1.29 is 14.3 Å². The van der Waals surface area contributed by atoms with Crippen LogP contribution in [0.3, 0.4) is 0 Å². The van der Waals surface area contributed by atoms with E-state index in [4.69, 9.17) is 14.5 Å². The molecule has 2 aliphatic heterocycles. The molecule has 6 aromatic rings. The summed E-state index contributed by atoms with van der Waals surface area (Å²) in [6, 6.07) is 46.4. The molecule has 1 fully saturated rings. The van der Waals surface area contributed by atoms with Gasteiger partial charge in [0, 0.05) is 21.1 Å². The number of pyridine rings is 1. The summed E-state index contributed by atoms with van der Waals surface area (Å²) in [6.45, 7) is 2.10. The monoisotopic (exact) mass is 606 g/mol. The van der Waals surface area contributed by atoms with E-state index >= 15 is 0 Å². The molecule has 0 radical (unpaired) electrons. The molecule has 8 rings (SSSR count). The van der Waals surface area contributed by atoms with Gasteiger partial charge in [0.15, 0.2) is 0 Å². The van der Waals surface area contributed by atoms with Crippen molar-refractivity contribution in [1.82, 2.24) is 4.98 Å². The molecule has 0 aliphatic carbocycles. The number of ether oxygens (including phenoxy) is 2. The van der Waals surface area contributed by atoms with Gasteiger partial charge in [0.2, 0.25) is 12.0 Å². The second kappa shape index (κ2) is 11.1. The maximum atomic E-state index is 14.2. The first-order valence-corrected chi connectivity index (χ1v) is 16.0. The number of β-lactam (4-membered cyclic amide) rings is 1. The minimum atomic E-state index is -0.774. The topological polar surface area (TPSA) is 51.7 Å². The highest BCUT2D eigenvalue weighted by Crippen LogP contribution is 2.60. The highest BCUT2D eigenvalue weighted by Gasteiger charge is 2.65. The van der Waals surface area contributed by atoms with Crippen molar-refractivity contribution in [3.8, 4) is 17.4 Å². The molecule has 5 nitrogen and oxygen atoms in total. The standard InChI is InChI=1S/C39H30N2O3S/c1-26-21-22-32-27(23-26)24-31(37(40-32)44-30-17-9-4-10-18-30)35-25-39(28-13-5-2-6-14-28)36(43-29-15-7-3-8-16-29)38(42)41(39)33-19-11-12-20-34(33)45-35/h2-24,35-36H,25H2,1H3. The lowest BCUT2D eigenvalue weighted by Crippen LogP contribution is -2.74. The Morgan fingerprint density at radius 1 is 0.778 bits per heavy atom. The molecule has 1 saturated heterocycles. The molecule has 3 unspecified atom stereocenters. The number of hydrogen-bond donors (Lipinski definition) is 0. The summed E-state index contributed by atoms with van der Waals surface area (Å²) in [5.74, 6) is 1.91. The van der Waals surface area contributed by atoms with Crippen molar-refractivity contribution in [1.29, 1.82) is 0 Å². The van der Waals surface area contributed by atoms with Crippen molar-refractivity contribution in [2.75, 3.05) is 4.90 Å². The van der Waals surface area contributed by atoms with E-state index in [2.05, 4.69) is 43.3 Å². The third kappa shape index (κ3) is 4.73. The van der Waals surface area contributed by atoms with Crippen molar-refractivity contribution in [2.45, 2.75) is 35.1 Å². The van der Waals surface area contributed by atoms with Gasteiger partial charge < -0.3 is 9.47 Å². The number of anilines is 1. The van der Waals surface area contributed by atoms with Gasteiger partial charge in [0.1, 0.15) is 17.0 Å². The number of thioether (sulfide) groups is 1. The zero-order valence-electron chi connectivity index (χ0n) is 24.7. The van der Waals surface area contributed by atoms with Gasteiger partial charge in [-0.1, -0.05) is 90.5 Å². The summed E-state index contributed by atoms with van der Waals surface area (Å²) >= 11 is 1.75. The maximum absolute atomic E-state index is 14.2. The van der Waals surface area contributed by atoms with Gasteiger partial charge in [-0.15, -0.1) is 11.8 Å². The predicted molar refractivity (Wildman–Crippen MR) is 179 cm³/mol. The minimum Gasteiger partial charge on any atom is -0.478 e. The lowest BCUT2D eigenvalue weighted by atomic mass is 9.70. The number of aryl methyl sites for hydroxylation is 1. The molecule has 3 atom stereocenters. The summed E-state index contributed by atoms with van der Waals surface area (Å²) in [5, 5.41) is 0.929. The Labute approximate surface area is 266 Å². The molecular formula is C39H30N2O3S. The maximum Gasteiger partial charge on any atom is 0.271 e. The van der Waals surface area contributed by atoms with Crippen molar-refractivity contribution in [2.24, 2.45) is 0 Å². The van der Waals surface area contributed by atoms with Crippen LogP contribution in [-0.4, -0.2) is 17.0 Å². The van der Waals surface area contributed by atoms with Gasteiger partial charge in [-0.3, -0.25) is 9.69 Å². The number of fused-ring (bicyclic) bond motifs is 4. The minimum absolute atomic E-state index is 0.0515. The molecule has 5 aromatic carbocycles. The summed E-state index contributed by atoms with van der Waals surface area (Å²) in [7, 11) is 0. The third-order valence-corrected chi connectivity index (χ3v) is 9.99. The van der Waals surface area contributed by atoms with Crippen LogP contribution in [0.25, 0.3) is 10.9 Å². The normalized spacial score (nSPS) is 20.5. The highest BCUT2D eigenvalue weighted by atomic mass is 32.2. The lowest BCUT2D eigenvalue weighted by molar-refractivity contribution is -0.142. The van der Waals surface area contributed by atoms with E-state index < -0.39 is 11.6 Å². The van der Waals surface area contributed by atoms with Gasteiger partial charge in [0.25, 0.3) is 5.91 Å². The van der Waals surface area contributed by atoms with E-state index in [9.17, 15) is 4.79 Å². The zero-order valence-corrected chi connectivity index (χ0v) is 25.5. The number of hydrogen-bond acceptors (Lipinski definition) is 5. The fraction of sp³-hybridized carbons (Fsp3) is 0.128. The van der Waals surface area contributed by atoms with E-state index in [0.717, 1.165) is 38.4 Å². The van der Waals surface area contributed by atoms with Crippen molar-refractivity contribution in [3.05, 3.63) is 156 Å². The van der Waals surface area contributed by atoms with Crippen LogP contribution in [0.4, 0.5) is 5.69 Å². The van der Waals surface area contributed by atoms with Gasteiger partial charge in [-0.05, 0) is 73.5 Å². The summed E-state index contributed by atoms with van der Waals surface area (Å²) < 4.78 is 13.2. The van der Waals surface area contributed by atoms with E-state index in [-0.39, 0.29) is 11.2 Å². The van der Waals surface area contributed by atoms with Crippen molar-refractivity contribution in [3.63, 3.8) is 0 Å². The van der Waals surface area contributed by atoms with Crippen LogP contribution < -0.4 is 14.4 Å². The second-order valence-electron chi connectivity index (χ2n) is 11.5. The second-order valence-corrected chi connectivity index (χ2v) is 12.8. The van der Waals surface area contributed by atoms with Crippen LogP contribution in [0.15, 0.2) is 144 Å². The molecule has 0 bridgehead atoms. The fourth-order valence-corrected chi connectivity index (χ4v) is 7.99. The number of carbonyl (C=O) groups is 1. The van der Waals surface area contributed by atoms with Crippen LogP contribution in [0.5, 0.6) is 17.4 Å². The molecule has 45 heavy (non-hydrogen) atoms. The first-order valence-electron chi connectivity index (χ1n) is 15.1. The molecule has 0 N–H and O–H groups in total. The number of para-hydroxylation sites is 3. The number of rotatable bonds is 6. The first-order chi connectivity index (χ1) is 22.1. The molecule has 1 aromatic heterocycles. The Bertz CT molecular complexity index is 2020. The molecule has 0 saturated carbocycles. The van der Waals surface area contributed by atoms with Gasteiger partial charge in [-0.2, -0.15) is 0 Å². The molecule has 3 heterocycles. The van der Waals surface area contributed by atoms with E-state index in [1.165, 1.54) is 5.56 Å². The van der Waals surface area contributed by atoms with Crippen LogP contribution >= 0.6 is 11.8 Å². The Balaban J connectivity index is 1.34. The highest BCUT2D eigenvalue weighted by molar-refractivity contribution is 7.99. The Morgan fingerprint density at radius 3 is 2.20 bits per heavy atom. The van der Waals surface area contributed by atoms with E-state index in [1.807, 2.05) is 108 Å². The molecule has 0 spiro atoms. The number of nitrogens with zero attached hydrogens (tertiary/aromatic N) is 2. The van der Waals surface area contributed by atoms with Gasteiger partial charge >= 0.3 is 0 Å². The smallest absolute Gasteiger partial charge is 0.271 e. The van der Waals surface area contributed by atoms with Crippen LogP contribution in [0.1, 0.15) is 28.4 Å². The van der Waals surface area contributed by atoms with E-state index in [0.29, 0.717) is 18.1 Å².